The normalized spacial score (nSPS) is 22.9. The lowest BCUT2D eigenvalue weighted by molar-refractivity contribution is 0.106. The van der Waals surface area contributed by atoms with Crippen molar-refractivity contribution in [3.63, 3.8) is 0 Å². The lowest BCUT2D eigenvalue weighted by Crippen LogP contribution is -2.33. The van der Waals surface area contributed by atoms with Crippen LogP contribution in [0.1, 0.15) is 19.8 Å². The van der Waals surface area contributed by atoms with Crippen LogP contribution in [0, 0.1) is 5.92 Å². The number of aliphatic hydroxyl groups is 1. The number of hydrogen-bond acceptors (Lipinski definition) is 4. The number of benzene rings is 1. The van der Waals surface area contributed by atoms with E-state index in [4.69, 9.17) is 9.47 Å². The molecule has 1 aliphatic carbocycles. The van der Waals surface area contributed by atoms with Gasteiger partial charge in [0.15, 0.2) is 0 Å². The van der Waals surface area contributed by atoms with Gasteiger partial charge in [-0.1, -0.05) is 13.3 Å². The van der Waals surface area contributed by atoms with Crippen molar-refractivity contribution >= 4 is 0 Å². The van der Waals surface area contributed by atoms with E-state index in [1.807, 2.05) is 24.3 Å². The molecule has 2 N–H and O–H groups in total. The summed E-state index contributed by atoms with van der Waals surface area (Å²) >= 11 is 0. The third kappa shape index (κ3) is 4.40. The number of hydrogen-bond donors (Lipinski definition) is 2. The molecule has 0 amide bonds. The standard InChI is InChI=1S/C15H23NO3/c1-3-11-8-15(11)16-9-12(17)10-19-14-6-4-13(18-2)5-7-14/h4-7,11-12,15-17H,3,8-10H2,1-2H3. The predicted molar refractivity (Wildman–Crippen MR) is 74.7 cm³/mol. The Balaban J connectivity index is 1.63. The molecular weight excluding hydrogens is 242 g/mol. The molecule has 1 saturated carbocycles. The number of aliphatic hydroxyl groups excluding tert-OH is 1. The highest BCUT2D eigenvalue weighted by atomic mass is 16.5. The molecule has 0 radical (unpaired) electrons. The average Bonchev–Trinajstić information content (AvgIpc) is 3.22. The largest absolute Gasteiger partial charge is 0.497 e. The van der Waals surface area contributed by atoms with Crippen LogP contribution in [0.4, 0.5) is 0 Å². The van der Waals surface area contributed by atoms with Crippen LogP contribution in [0.2, 0.25) is 0 Å². The minimum Gasteiger partial charge on any atom is -0.497 e. The zero-order valence-corrected chi connectivity index (χ0v) is 11.6. The monoisotopic (exact) mass is 265 g/mol. The van der Waals surface area contributed by atoms with E-state index < -0.39 is 6.10 Å². The molecule has 3 atom stereocenters. The molecule has 0 spiro atoms. The predicted octanol–water partition coefficient (Wildman–Crippen LogP) is 1.82. The van der Waals surface area contributed by atoms with E-state index in [0.717, 1.165) is 17.4 Å². The number of ether oxygens (including phenoxy) is 2. The third-order valence-electron chi connectivity index (χ3n) is 3.56. The highest BCUT2D eigenvalue weighted by molar-refractivity contribution is 5.31. The van der Waals surface area contributed by atoms with E-state index in [2.05, 4.69) is 12.2 Å². The van der Waals surface area contributed by atoms with Crippen LogP contribution in [-0.4, -0.2) is 37.5 Å². The van der Waals surface area contributed by atoms with Crippen molar-refractivity contribution in [3.8, 4) is 11.5 Å². The quantitative estimate of drug-likeness (QED) is 0.753. The van der Waals surface area contributed by atoms with Gasteiger partial charge in [0.25, 0.3) is 0 Å². The third-order valence-corrected chi connectivity index (χ3v) is 3.56. The fraction of sp³-hybridized carbons (Fsp3) is 0.600. The van der Waals surface area contributed by atoms with E-state index in [0.29, 0.717) is 19.2 Å². The summed E-state index contributed by atoms with van der Waals surface area (Å²) < 4.78 is 10.6. The number of rotatable bonds is 8. The zero-order chi connectivity index (χ0) is 13.7. The van der Waals surface area contributed by atoms with Crippen molar-refractivity contribution in [2.75, 3.05) is 20.3 Å². The molecular formula is C15H23NO3. The van der Waals surface area contributed by atoms with Gasteiger partial charge in [-0.25, -0.2) is 0 Å². The van der Waals surface area contributed by atoms with Gasteiger partial charge in [0, 0.05) is 12.6 Å². The van der Waals surface area contributed by atoms with Gasteiger partial charge < -0.3 is 19.9 Å². The van der Waals surface area contributed by atoms with Crippen LogP contribution >= 0.6 is 0 Å². The van der Waals surface area contributed by atoms with Gasteiger partial charge in [-0.2, -0.15) is 0 Å². The summed E-state index contributed by atoms with van der Waals surface area (Å²) in [7, 11) is 1.63. The minimum atomic E-state index is -0.472. The van der Waals surface area contributed by atoms with Crippen molar-refractivity contribution in [1.82, 2.24) is 5.32 Å². The second kappa shape index (κ2) is 6.78. The molecule has 0 saturated heterocycles. The van der Waals surface area contributed by atoms with Crippen LogP contribution in [0.25, 0.3) is 0 Å². The number of nitrogens with one attached hydrogen (secondary N) is 1. The van der Waals surface area contributed by atoms with E-state index in [1.165, 1.54) is 12.8 Å². The van der Waals surface area contributed by atoms with E-state index in [-0.39, 0.29) is 0 Å². The second-order valence-electron chi connectivity index (χ2n) is 5.06. The Kier molecular flexibility index (Phi) is 5.05. The Labute approximate surface area is 114 Å². The van der Waals surface area contributed by atoms with Gasteiger partial charge in [-0.15, -0.1) is 0 Å². The van der Waals surface area contributed by atoms with Crippen molar-refractivity contribution in [2.24, 2.45) is 5.92 Å². The molecule has 3 unspecified atom stereocenters. The minimum absolute atomic E-state index is 0.308. The molecule has 1 fully saturated rings. The highest BCUT2D eigenvalue weighted by Gasteiger charge is 2.34. The maximum Gasteiger partial charge on any atom is 0.119 e. The first-order chi connectivity index (χ1) is 9.22. The summed E-state index contributed by atoms with van der Waals surface area (Å²) in [4.78, 5) is 0. The fourth-order valence-electron chi connectivity index (χ4n) is 2.16. The molecule has 0 aromatic heterocycles. The van der Waals surface area contributed by atoms with Crippen molar-refractivity contribution < 1.29 is 14.6 Å². The Morgan fingerprint density at radius 2 is 2.00 bits per heavy atom. The highest BCUT2D eigenvalue weighted by Crippen LogP contribution is 2.32. The van der Waals surface area contributed by atoms with Gasteiger partial charge in [-0.05, 0) is 36.6 Å². The summed E-state index contributed by atoms with van der Waals surface area (Å²) in [5.74, 6) is 2.35. The van der Waals surface area contributed by atoms with Crippen LogP contribution < -0.4 is 14.8 Å². The van der Waals surface area contributed by atoms with E-state index in [9.17, 15) is 5.11 Å². The summed E-state index contributed by atoms with van der Waals surface area (Å²) in [5, 5.41) is 13.2. The summed E-state index contributed by atoms with van der Waals surface area (Å²) in [6.07, 6.45) is 1.98. The molecule has 2 rings (SSSR count). The van der Waals surface area contributed by atoms with Crippen molar-refractivity contribution in [1.29, 1.82) is 0 Å². The van der Waals surface area contributed by atoms with E-state index >= 15 is 0 Å². The Morgan fingerprint density at radius 3 is 2.58 bits per heavy atom. The van der Waals surface area contributed by atoms with Gasteiger partial charge in [0.05, 0.1) is 7.11 Å². The van der Waals surface area contributed by atoms with Crippen LogP contribution in [0.3, 0.4) is 0 Å². The lowest BCUT2D eigenvalue weighted by atomic mass is 10.3. The number of methoxy groups -OCH3 is 1. The average molecular weight is 265 g/mol. The first-order valence-corrected chi connectivity index (χ1v) is 6.91. The van der Waals surface area contributed by atoms with Gasteiger partial charge >= 0.3 is 0 Å². The van der Waals surface area contributed by atoms with Gasteiger partial charge in [0.2, 0.25) is 0 Å². The molecule has 19 heavy (non-hydrogen) atoms. The molecule has 4 nitrogen and oxygen atoms in total. The zero-order valence-electron chi connectivity index (χ0n) is 11.6. The molecule has 1 aromatic rings. The fourth-order valence-corrected chi connectivity index (χ4v) is 2.16. The van der Waals surface area contributed by atoms with Crippen molar-refractivity contribution in [3.05, 3.63) is 24.3 Å². The molecule has 1 aliphatic rings. The molecule has 0 aliphatic heterocycles. The van der Waals surface area contributed by atoms with Crippen LogP contribution in [0.15, 0.2) is 24.3 Å². The molecule has 1 aromatic carbocycles. The molecule has 0 heterocycles. The van der Waals surface area contributed by atoms with Crippen molar-refractivity contribution in [2.45, 2.75) is 31.9 Å². The summed E-state index contributed by atoms with van der Waals surface area (Å²) in [5.41, 5.74) is 0. The first kappa shape index (κ1) is 14.2. The lowest BCUT2D eigenvalue weighted by Gasteiger charge is -2.13. The molecule has 106 valence electrons. The summed E-state index contributed by atoms with van der Waals surface area (Å²) in [6, 6.07) is 7.96. The van der Waals surface area contributed by atoms with E-state index in [1.54, 1.807) is 7.11 Å². The van der Waals surface area contributed by atoms with Crippen LogP contribution in [0.5, 0.6) is 11.5 Å². The first-order valence-electron chi connectivity index (χ1n) is 6.91. The Hall–Kier alpha value is -1.26. The van der Waals surface area contributed by atoms with Gasteiger partial charge in [0.1, 0.15) is 24.2 Å². The Bertz CT molecular complexity index is 379. The maximum atomic E-state index is 9.83. The maximum absolute atomic E-state index is 9.83. The SMILES string of the molecule is CCC1CC1NCC(O)COc1ccc(OC)cc1. The Morgan fingerprint density at radius 1 is 1.32 bits per heavy atom. The topological polar surface area (TPSA) is 50.7 Å². The van der Waals surface area contributed by atoms with Crippen LogP contribution in [-0.2, 0) is 0 Å². The smallest absolute Gasteiger partial charge is 0.119 e. The second-order valence-corrected chi connectivity index (χ2v) is 5.06. The summed E-state index contributed by atoms with van der Waals surface area (Å²) in [6.45, 7) is 3.11. The molecule has 0 bridgehead atoms. The van der Waals surface area contributed by atoms with Gasteiger partial charge in [-0.3, -0.25) is 0 Å². The molecule has 4 heteroatoms.